The molecule has 0 saturated heterocycles. The molecule has 0 bridgehead atoms. The lowest BCUT2D eigenvalue weighted by Gasteiger charge is -2.19. The number of imide groups is 1. The molecule has 0 spiro atoms. The van der Waals surface area contributed by atoms with E-state index in [-0.39, 0.29) is 5.91 Å². The van der Waals surface area contributed by atoms with Gasteiger partial charge in [-0.3, -0.25) is 14.9 Å². The van der Waals surface area contributed by atoms with E-state index in [0.29, 0.717) is 19.4 Å². The molecule has 0 atom stereocenters. The second-order valence-corrected chi connectivity index (χ2v) is 4.13. The van der Waals surface area contributed by atoms with Gasteiger partial charge in [-0.15, -0.1) is 0 Å². The summed E-state index contributed by atoms with van der Waals surface area (Å²) in [6.07, 6.45) is 0.723. The maximum atomic E-state index is 11.1. The molecule has 1 aromatic carbocycles. The fraction of sp³-hybridized carbons (Fsp3) is 0.467. The molecule has 0 aliphatic carbocycles. The Morgan fingerprint density at radius 2 is 1.89 bits per heavy atom. The zero-order chi connectivity index (χ0) is 14.8. The number of aryl methyl sites for hydroxylation is 2. The summed E-state index contributed by atoms with van der Waals surface area (Å²) < 4.78 is 0. The van der Waals surface area contributed by atoms with E-state index < -0.39 is 0 Å². The van der Waals surface area contributed by atoms with Gasteiger partial charge in [0.1, 0.15) is 0 Å². The highest BCUT2D eigenvalue weighted by molar-refractivity contribution is 5.86. The minimum absolute atomic E-state index is 0.254. The molecule has 19 heavy (non-hydrogen) atoms. The van der Waals surface area contributed by atoms with E-state index in [1.54, 1.807) is 0 Å². The molecule has 0 unspecified atom stereocenters. The van der Waals surface area contributed by atoms with Gasteiger partial charge in [0.05, 0.1) is 0 Å². The third kappa shape index (κ3) is 6.04. The topological polar surface area (TPSA) is 49.4 Å². The predicted octanol–water partition coefficient (Wildman–Crippen LogP) is 2.43. The van der Waals surface area contributed by atoms with Gasteiger partial charge in [0.25, 0.3) is 0 Å². The SMILES string of the molecule is CC.Cc1ccc(N(C)CCC(=O)NC=O)cc1C. The van der Waals surface area contributed by atoms with Crippen molar-refractivity contribution in [2.24, 2.45) is 0 Å². The van der Waals surface area contributed by atoms with Gasteiger partial charge in [-0.1, -0.05) is 19.9 Å². The third-order valence-electron chi connectivity index (χ3n) is 2.83. The van der Waals surface area contributed by atoms with Gasteiger partial charge in [0.2, 0.25) is 12.3 Å². The van der Waals surface area contributed by atoms with Gasteiger partial charge < -0.3 is 4.90 Å². The molecule has 4 nitrogen and oxygen atoms in total. The number of carbonyl (C=O) groups is 2. The minimum atomic E-state index is -0.254. The lowest BCUT2D eigenvalue weighted by Crippen LogP contribution is -2.27. The molecule has 0 radical (unpaired) electrons. The molecule has 106 valence electrons. The number of hydrogen-bond acceptors (Lipinski definition) is 3. The molecular formula is C15H24N2O2. The first-order chi connectivity index (χ1) is 9.04. The molecule has 0 aliphatic rings. The zero-order valence-electron chi connectivity index (χ0n) is 12.5. The number of nitrogens with zero attached hydrogens (tertiary/aromatic N) is 1. The van der Waals surface area contributed by atoms with Crippen LogP contribution in [0.1, 0.15) is 31.4 Å². The Morgan fingerprint density at radius 1 is 1.26 bits per heavy atom. The highest BCUT2D eigenvalue weighted by atomic mass is 16.2. The fourth-order valence-electron chi connectivity index (χ4n) is 1.50. The number of anilines is 1. The summed E-state index contributed by atoms with van der Waals surface area (Å²) >= 11 is 0. The monoisotopic (exact) mass is 264 g/mol. The van der Waals surface area contributed by atoms with Crippen LogP contribution in [0.4, 0.5) is 5.69 Å². The van der Waals surface area contributed by atoms with Gasteiger partial charge in [0, 0.05) is 25.7 Å². The van der Waals surface area contributed by atoms with Gasteiger partial charge >= 0.3 is 0 Å². The normalized spacial score (nSPS) is 9.11. The molecule has 2 amide bonds. The smallest absolute Gasteiger partial charge is 0.228 e. The maximum Gasteiger partial charge on any atom is 0.228 e. The van der Waals surface area contributed by atoms with Crippen molar-refractivity contribution in [1.82, 2.24) is 5.32 Å². The first kappa shape index (κ1) is 17.2. The van der Waals surface area contributed by atoms with Crippen LogP contribution in [-0.2, 0) is 9.59 Å². The van der Waals surface area contributed by atoms with Gasteiger partial charge in [0.15, 0.2) is 0 Å². The summed E-state index contributed by atoms with van der Waals surface area (Å²) in [5.74, 6) is -0.254. The summed E-state index contributed by atoms with van der Waals surface area (Å²) in [6, 6.07) is 6.18. The average Bonchev–Trinajstić information content (AvgIpc) is 2.42. The van der Waals surface area contributed by atoms with Gasteiger partial charge in [-0.05, 0) is 37.1 Å². The Morgan fingerprint density at radius 3 is 2.42 bits per heavy atom. The molecular weight excluding hydrogens is 240 g/mol. The lowest BCUT2D eigenvalue weighted by atomic mass is 10.1. The summed E-state index contributed by atoms with van der Waals surface area (Å²) in [5.41, 5.74) is 3.56. The predicted molar refractivity (Wildman–Crippen MR) is 79.4 cm³/mol. The Labute approximate surface area is 115 Å². The quantitative estimate of drug-likeness (QED) is 0.831. The molecule has 0 saturated carbocycles. The van der Waals surface area contributed by atoms with Crippen LogP contribution in [0.3, 0.4) is 0 Å². The standard InChI is InChI=1S/C13H18N2O2.C2H6/c1-10-4-5-12(8-11(10)2)15(3)7-6-13(17)14-9-16;1-2/h4-5,8-9H,6-7H2,1-3H3,(H,14,16,17);1-2H3. The van der Waals surface area contributed by atoms with Crippen molar-refractivity contribution in [1.29, 1.82) is 0 Å². The molecule has 0 aromatic heterocycles. The van der Waals surface area contributed by atoms with Crippen LogP contribution in [0, 0.1) is 13.8 Å². The van der Waals surface area contributed by atoms with Crippen LogP contribution < -0.4 is 10.2 Å². The van der Waals surface area contributed by atoms with E-state index in [9.17, 15) is 9.59 Å². The van der Waals surface area contributed by atoms with Crippen LogP contribution in [0.15, 0.2) is 18.2 Å². The van der Waals surface area contributed by atoms with Crippen molar-refractivity contribution < 1.29 is 9.59 Å². The van der Waals surface area contributed by atoms with E-state index in [0.717, 1.165) is 5.69 Å². The fourth-order valence-corrected chi connectivity index (χ4v) is 1.50. The van der Waals surface area contributed by atoms with Crippen LogP contribution >= 0.6 is 0 Å². The van der Waals surface area contributed by atoms with Gasteiger partial charge in [-0.2, -0.15) is 0 Å². The van der Waals surface area contributed by atoms with Crippen molar-refractivity contribution in [3.05, 3.63) is 29.3 Å². The van der Waals surface area contributed by atoms with Crippen LogP contribution in [-0.4, -0.2) is 25.9 Å². The second-order valence-electron chi connectivity index (χ2n) is 4.13. The second kappa shape index (κ2) is 9.14. The Balaban J connectivity index is 0.00000154. The number of nitrogens with one attached hydrogen (secondary N) is 1. The third-order valence-corrected chi connectivity index (χ3v) is 2.83. The first-order valence-electron chi connectivity index (χ1n) is 6.56. The Hall–Kier alpha value is -1.84. The van der Waals surface area contributed by atoms with Crippen molar-refractivity contribution in [2.45, 2.75) is 34.1 Å². The summed E-state index contributed by atoms with van der Waals surface area (Å²) in [6.45, 7) is 8.71. The van der Waals surface area contributed by atoms with Crippen molar-refractivity contribution in [3.63, 3.8) is 0 Å². The van der Waals surface area contributed by atoms with Gasteiger partial charge in [-0.25, -0.2) is 0 Å². The lowest BCUT2D eigenvalue weighted by molar-refractivity contribution is -0.125. The summed E-state index contributed by atoms with van der Waals surface area (Å²) in [5, 5.41) is 2.13. The molecule has 0 heterocycles. The van der Waals surface area contributed by atoms with Crippen LogP contribution in [0.25, 0.3) is 0 Å². The molecule has 0 aliphatic heterocycles. The molecule has 4 heteroatoms. The van der Waals surface area contributed by atoms with E-state index in [4.69, 9.17) is 0 Å². The van der Waals surface area contributed by atoms with Crippen molar-refractivity contribution in [3.8, 4) is 0 Å². The van der Waals surface area contributed by atoms with Crippen LogP contribution in [0.2, 0.25) is 0 Å². The van der Waals surface area contributed by atoms with Crippen LogP contribution in [0.5, 0.6) is 0 Å². The molecule has 1 N–H and O–H groups in total. The number of hydrogen-bond donors (Lipinski definition) is 1. The van der Waals surface area contributed by atoms with E-state index >= 15 is 0 Å². The number of amides is 2. The molecule has 1 rings (SSSR count). The van der Waals surface area contributed by atoms with Crippen molar-refractivity contribution >= 4 is 18.0 Å². The summed E-state index contributed by atoms with van der Waals surface area (Å²) in [4.78, 5) is 23.2. The highest BCUT2D eigenvalue weighted by Crippen LogP contribution is 2.17. The number of rotatable bonds is 5. The highest BCUT2D eigenvalue weighted by Gasteiger charge is 2.05. The Bertz CT molecular complexity index is 417. The minimum Gasteiger partial charge on any atom is -0.374 e. The van der Waals surface area contributed by atoms with E-state index in [1.807, 2.05) is 31.9 Å². The first-order valence-corrected chi connectivity index (χ1v) is 6.56. The van der Waals surface area contributed by atoms with Crippen molar-refractivity contribution in [2.75, 3.05) is 18.5 Å². The summed E-state index contributed by atoms with van der Waals surface area (Å²) in [7, 11) is 1.93. The van der Waals surface area contributed by atoms with E-state index in [1.165, 1.54) is 11.1 Å². The number of carbonyl (C=O) groups excluding carboxylic acids is 2. The van der Waals surface area contributed by atoms with E-state index in [2.05, 4.69) is 31.3 Å². The molecule has 1 aromatic rings. The largest absolute Gasteiger partial charge is 0.374 e. The maximum absolute atomic E-state index is 11.1. The molecule has 0 fully saturated rings. The average molecular weight is 264 g/mol. The zero-order valence-corrected chi connectivity index (χ0v) is 12.5. The Kier molecular flexibility index (Phi) is 8.25. The number of benzene rings is 1.